The second-order valence-electron chi connectivity index (χ2n) is 3.92. The number of hydrogen-bond acceptors (Lipinski definition) is 2. The number of carboxylic acids is 1. The molecule has 14 heavy (non-hydrogen) atoms. The molecule has 0 spiro atoms. The van der Waals surface area contributed by atoms with E-state index in [0.717, 1.165) is 12.8 Å². The number of rotatable bonds is 3. The van der Waals surface area contributed by atoms with E-state index in [9.17, 15) is 4.79 Å². The summed E-state index contributed by atoms with van der Waals surface area (Å²) in [6.45, 7) is 1.72. The summed E-state index contributed by atoms with van der Waals surface area (Å²) in [7, 11) is 0. The number of halogens is 1. The first-order chi connectivity index (χ1) is 6.20. The summed E-state index contributed by atoms with van der Waals surface area (Å²) in [6, 6.07) is 0.0247. The van der Waals surface area contributed by atoms with Crippen molar-refractivity contribution in [2.75, 3.05) is 0 Å². The van der Waals surface area contributed by atoms with Gasteiger partial charge < -0.3 is 10.4 Å². The molecule has 0 aromatic rings. The lowest BCUT2D eigenvalue weighted by Crippen LogP contribution is -2.41. The van der Waals surface area contributed by atoms with Crippen LogP contribution >= 0.6 is 12.4 Å². The minimum atomic E-state index is -0.746. The highest BCUT2D eigenvalue weighted by Gasteiger charge is 2.17. The largest absolute Gasteiger partial charge is 0.480 e. The van der Waals surface area contributed by atoms with Crippen LogP contribution in [0.5, 0.6) is 0 Å². The van der Waals surface area contributed by atoms with Gasteiger partial charge in [0.25, 0.3) is 0 Å². The van der Waals surface area contributed by atoms with Gasteiger partial charge in [0.1, 0.15) is 6.04 Å². The molecule has 0 amide bonds. The lowest BCUT2D eigenvalue weighted by molar-refractivity contribution is -0.139. The van der Waals surface area contributed by atoms with Gasteiger partial charge in [-0.15, -0.1) is 12.4 Å². The Balaban J connectivity index is 0.00000169. The molecule has 0 aromatic heterocycles. The molecule has 0 aromatic carbocycles. The highest BCUT2D eigenvalue weighted by Crippen LogP contribution is 2.17. The van der Waals surface area contributed by atoms with Crippen LogP contribution in [0.25, 0.3) is 0 Å². The number of hydrogen-bond donors (Lipinski definition) is 2. The molecule has 0 heterocycles. The Kier molecular flexibility index (Phi) is 6.93. The first kappa shape index (κ1) is 13.7. The van der Waals surface area contributed by atoms with Crippen LogP contribution in [0.4, 0.5) is 0 Å². The average molecular weight is 222 g/mol. The smallest absolute Gasteiger partial charge is 0.320 e. The normalized spacial score (nSPS) is 20.6. The lowest BCUT2D eigenvalue weighted by atomic mass is 10.1. The number of carbonyl (C=O) groups is 1. The van der Waals surface area contributed by atoms with Crippen LogP contribution in [0.1, 0.15) is 45.4 Å². The molecule has 84 valence electrons. The van der Waals surface area contributed by atoms with Gasteiger partial charge in [0.15, 0.2) is 0 Å². The van der Waals surface area contributed by atoms with Crippen molar-refractivity contribution in [1.29, 1.82) is 0 Å². The molecule has 1 rings (SSSR count). The van der Waals surface area contributed by atoms with Crippen molar-refractivity contribution in [3.63, 3.8) is 0 Å². The maximum absolute atomic E-state index is 10.6. The van der Waals surface area contributed by atoms with Crippen LogP contribution in [0.15, 0.2) is 0 Å². The Morgan fingerprint density at radius 1 is 1.29 bits per heavy atom. The molecule has 0 bridgehead atoms. The molecule has 3 nitrogen and oxygen atoms in total. The van der Waals surface area contributed by atoms with E-state index < -0.39 is 12.0 Å². The molecule has 0 unspecified atom stereocenters. The van der Waals surface area contributed by atoms with Crippen LogP contribution < -0.4 is 5.32 Å². The van der Waals surface area contributed by atoms with Gasteiger partial charge in [-0.1, -0.05) is 25.7 Å². The van der Waals surface area contributed by atoms with E-state index in [2.05, 4.69) is 5.32 Å². The number of aliphatic carboxylic acids is 1. The summed E-state index contributed by atoms with van der Waals surface area (Å²) in [6.07, 6.45) is 7.36. The van der Waals surface area contributed by atoms with E-state index in [-0.39, 0.29) is 12.4 Å². The SMILES string of the molecule is C[C@@H](NC1CCCCCC1)C(=O)O.Cl. The van der Waals surface area contributed by atoms with Crippen molar-refractivity contribution in [3.05, 3.63) is 0 Å². The summed E-state index contributed by atoms with van der Waals surface area (Å²) in [5.74, 6) is -0.746. The maximum Gasteiger partial charge on any atom is 0.320 e. The van der Waals surface area contributed by atoms with Crippen molar-refractivity contribution < 1.29 is 9.90 Å². The molecular formula is C10H20ClNO2. The maximum atomic E-state index is 10.6. The molecule has 4 heteroatoms. The topological polar surface area (TPSA) is 49.3 Å². The van der Waals surface area contributed by atoms with E-state index in [1.54, 1.807) is 6.92 Å². The Hall–Kier alpha value is -0.280. The molecule has 1 aliphatic rings. The number of nitrogens with one attached hydrogen (secondary N) is 1. The molecule has 1 fully saturated rings. The Labute approximate surface area is 91.7 Å². The Bertz CT molecular complexity index is 168. The lowest BCUT2D eigenvalue weighted by Gasteiger charge is -2.18. The van der Waals surface area contributed by atoms with E-state index in [0.29, 0.717) is 6.04 Å². The summed E-state index contributed by atoms with van der Waals surface area (Å²) in [5, 5.41) is 11.9. The first-order valence-electron chi connectivity index (χ1n) is 5.19. The van der Waals surface area contributed by atoms with E-state index in [1.165, 1.54) is 25.7 Å². The molecule has 0 aliphatic heterocycles. The Morgan fingerprint density at radius 3 is 2.21 bits per heavy atom. The zero-order valence-corrected chi connectivity index (χ0v) is 9.48. The monoisotopic (exact) mass is 221 g/mol. The molecule has 1 saturated carbocycles. The van der Waals surface area contributed by atoms with Gasteiger partial charge in [-0.3, -0.25) is 4.79 Å². The van der Waals surface area contributed by atoms with Gasteiger partial charge >= 0.3 is 5.97 Å². The summed E-state index contributed by atoms with van der Waals surface area (Å²) in [5.41, 5.74) is 0. The van der Waals surface area contributed by atoms with Crippen LogP contribution in [-0.2, 0) is 4.79 Å². The summed E-state index contributed by atoms with van der Waals surface area (Å²) >= 11 is 0. The van der Waals surface area contributed by atoms with Crippen LogP contribution in [0.2, 0.25) is 0 Å². The van der Waals surface area contributed by atoms with Gasteiger partial charge in [-0.25, -0.2) is 0 Å². The van der Waals surface area contributed by atoms with Gasteiger partial charge in [0.05, 0.1) is 0 Å². The third kappa shape index (κ3) is 4.82. The second-order valence-corrected chi connectivity index (χ2v) is 3.92. The van der Waals surface area contributed by atoms with Crippen molar-refractivity contribution in [2.45, 2.75) is 57.5 Å². The van der Waals surface area contributed by atoms with Crippen LogP contribution in [0, 0.1) is 0 Å². The van der Waals surface area contributed by atoms with Gasteiger partial charge in [-0.05, 0) is 19.8 Å². The molecule has 0 saturated heterocycles. The highest BCUT2D eigenvalue weighted by atomic mass is 35.5. The van der Waals surface area contributed by atoms with Gasteiger partial charge in [-0.2, -0.15) is 0 Å². The quantitative estimate of drug-likeness (QED) is 0.719. The van der Waals surface area contributed by atoms with Gasteiger partial charge in [0.2, 0.25) is 0 Å². The Morgan fingerprint density at radius 2 is 1.79 bits per heavy atom. The van der Waals surface area contributed by atoms with Crippen molar-refractivity contribution in [1.82, 2.24) is 5.32 Å². The molecule has 1 aliphatic carbocycles. The first-order valence-corrected chi connectivity index (χ1v) is 5.19. The summed E-state index contributed by atoms with van der Waals surface area (Å²) in [4.78, 5) is 10.6. The minimum Gasteiger partial charge on any atom is -0.480 e. The zero-order valence-electron chi connectivity index (χ0n) is 8.66. The number of carboxylic acid groups (broad SMARTS) is 1. The molecule has 2 N–H and O–H groups in total. The van der Waals surface area contributed by atoms with E-state index in [1.807, 2.05) is 0 Å². The zero-order chi connectivity index (χ0) is 9.68. The molecule has 0 radical (unpaired) electrons. The van der Waals surface area contributed by atoms with Crippen molar-refractivity contribution >= 4 is 18.4 Å². The third-order valence-corrected chi connectivity index (χ3v) is 2.71. The highest BCUT2D eigenvalue weighted by molar-refractivity contribution is 5.85. The minimum absolute atomic E-state index is 0. The fraction of sp³-hybridized carbons (Fsp3) is 0.900. The average Bonchev–Trinajstić information content (AvgIpc) is 2.32. The van der Waals surface area contributed by atoms with Crippen molar-refractivity contribution in [2.24, 2.45) is 0 Å². The summed E-state index contributed by atoms with van der Waals surface area (Å²) < 4.78 is 0. The van der Waals surface area contributed by atoms with E-state index in [4.69, 9.17) is 5.11 Å². The van der Waals surface area contributed by atoms with Crippen LogP contribution in [0.3, 0.4) is 0 Å². The van der Waals surface area contributed by atoms with Crippen molar-refractivity contribution in [3.8, 4) is 0 Å². The molecule has 1 atom stereocenters. The van der Waals surface area contributed by atoms with Crippen LogP contribution in [-0.4, -0.2) is 23.2 Å². The predicted octanol–water partition coefficient (Wildman–Crippen LogP) is 2.19. The van der Waals surface area contributed by atoms with E-state index >= 15 is 0 Å². The molecular weight excluding hydrogens is 202 g/mol. The standard InChI is InChI=1S/C10H19NO2.ClH/c1-8(10(12)13)11-9-6-4-2-3-5-7-9;/h8-9,11H,2-7H2,1H3,(H,12,13);1H/t8-;/m1./s1. The van der Waals surface area contributed by atoms with Gasteiger partial charge in [0, 0.05) is 6.04 Å². The second kappa shape index (κ2) is 7.07. The fourth-order valence-electron chi connectivity index (χ4n) is 1.87. The fourth-order valence-corrected chi connectivity index (χ4v) is 1.87. The third-order valence-electron chi connectivity index (χ3n) is 2.71. The predicted molar refractivity (Wildman–Crippen MR) is 59.0 cm³/mol.